The molecule has 8 amide bonds. The van der Waals surface area contributed by atoms with E-state index < -0.39 is 95.9 Å². The van der Waals surface area contributed by atoms with E-state index >= 15 is 0 Å². The largest absolute Gasteiger partial charge is 0.478 e. The van der Waals surface area contributed by atoms with E-state index in [-0.39, 0.29) is 138 Å². The molecular formula is C70H94N14O20S8. The first-order valence-electron chi connectivity index (χ1n) is 36.8. The molecule has 4 aromatic rings. The summed E-state index contributed by atoms with van der Waals surface area (Å²) in [6.45, 7) is 8.26. The highest BCUT2D eigenvalue weighted by atomic mass is 32.2. The SMILES string of the molecule is CCCCOn1c(C(=O)N2CCSCS2)ccc(OCC(=O)NCCN(CCNC(=O)COc2ccc(C(=O)N3CCSC3=S)n(OCCCC)c2=O)CCN(CCNC(=O)COc2ccc(C(=O)N3CCSC3=S)n(OCCCC)c2=O)CCNC(=O)COc2ccc(C(=O)N3CCSC3=S)n(OCCCC)c2=O)c1=O. The van der Waals surface area contributed by atoms with Crippen molar-refractivity contribution >= 4 is 156 Å². The highest BCUT2D eigenvalue weighted by Gasteiger charge is 2.33. The Bertz CT molecular complexity index is 4110. The molecule has 8 rings (SSSR count). The zero-order valence-corrected chi connectivity index (χ0v) is 69.3. The molecule has 34 nitrogen and oxygen atoms in total. The summed E-state index contributed by atoms with van der Waals surface area (Å²) in [6.07, 6.45) is 5.26. The lowest BCUT2D eigenvalue weighted by molar-refractivity contribution is -0.124. The number of pyridine rings is 4. The van der Waals surface area contributed by atoms with Crippen LogP contribution in [0.3, 0.4) is 0 Å². The predicted octanol–water partition coefficient (Wildman–Crippen LogP) is 2.15. The van der Waals surface area contributed by atoms with E-state index in [1.165, 1.54) is 110 Å². The lowest BCUT2D eigenvalue weighted by Crippen LogP contribution is -2.46. The predicted molar refractivity (Wildman–Crippen MR) is 439 cm³/mol. The van der Waals surface area contributed by atoms with Crippen molar-refractivity contribution in [1.82, 2.24) is 69.0 Å². The molecule has 0 aromatic carbocycles. The standard InChI is InChI=1S/C70H94N14O20S8/c1-5-9-35-101-81-48(60(89)77-31-40-109-68(77)105)13-17-52(64(81)93)97-43-56(85)71-21-25-75(26-22-72-57(86)44-98-53-18-14-49(61(90)78-32-41-110-69(78)106)82(65(53)94)102-36-10-6-2)29-30-76(27-23-73-58(87)45-99-54-19-15-50(62(91)79-33-42-111-70(79)107)83(66(54)95)103-37-11-7-3)28-24-74-59(88)46-100-55-20-16-51(63(92)80-34-39-108-47-112-80)84(67(55)96)104-38-12-8-4/h13-20H,5-12,21-47H2,1-4H3,(H,71,85)(H,72,86)(H,73,87)(H,74,88). The normalized spacial score (nSPS) is 14.2. The van der Waals surface area contributed by atoms with E-state index in [0.717, 1.165) is 50.4 Å². The van der Waals surface area contributed by atoms with Crippen molar-refractivity contribution in [2.24, 2.45) is 0 Å². The summed E-state index contributed by atoms with van der Waals surface area (Å²) in [5.41, 5.74) is -3.41. The Kier molecular flexibility index (Phi) is 37.5. The molecule has 4 N–H and O–H groups in total. The Morgan fingerprint density at radius 3 is 0.902 bits per heavy atom. The summed E-state index contributed by atoms with van der Waals surface area (Å²) in [5.74, 6) is -3.02. The molecule has 8 heterocycles. The van der Waals surface area contributed by atoms with Crippen molar-refractivity contribution in [3.05, 3.63) is 113 Å². The van der Waals surface area contributed by atoms with Crippen LogP contribution in [0.5, 0.6) is 23.0 Å². The minimum atomic E-state index is -0.808. The summed E-state index contributed by atoms with van der Waals surface area (Å²) >= 11 is 23.2. The van der Waals surface area contributed by atoms with Crippen LogP contribution in [0, 0.1) is 0 Å². The van der Waals surface area contributed by atoms with Crippen LogP contribution in [0.1, 0.15) is 121 Å². The Morgan fingerprint density at radius 1 is 0.384 bits per heavy atom. The molecule has 4 aromatic heterocycles. The third-order valence-electron chi connectivity index (χ3n) is 16.9. The maximum atomic E-state index is 13.8. The van der Waals surface area contributed by atoms with Crippen molar-refractivity contribution in [2.45, 2.75) is 79.1 Å². The zero-order valence-electron chi connectivity index (χ0n) is 62.8. The number of ether oxygens (including phenoxy) is 4. The van der Waals surface area contributed by atoms with Gasteiger partial charge in [-0.25, -0.2) is 0 Å². The van der Waals surface area contributed by atoms with Gasteiger partial charge in [-0.3, -0.25) is 86.3 Å². The number of thioether (sulfide) groups is 4. The van der Waals surface area contributed by atoms with Crippen LogP contribution in [-0.4, -0.2) is 281 Å². The molecule has 42 heteroatoms. The Balaban J connectivity index is 0.966. The minimum Gasteiger partial charge on any atom is -0.478 e. The van der Waals surface area contributed by atoms with Crippen LogP contribution in [0.4, 0.5) is 0 Å². The summed E-state index contributed by atoms with van der Waals surface area (Å²) in [4.78, 5) is 195. The first kappa shape index (κ1) is 89.5. The number of aromatic nitrogens is 4. The molecule has 4 aliphatic heterocycles. The quantitative estimate of drug-likeness (QED) is 0.0280. The Hall–Kier alpha value is -8.10. The summed E-state index contributed by atoms with van der Waals surface area (Å²) in [5, 5.41) is 11.9. The van der Waals surface area contributed by atoms with E-state index in [1.54, 1.807) is 16.1 Å². The molecule has 612 valence electrons. The summed E-state index contributed by atoms with van der Waals surface area (Å²) < 4.78 is 29.1. The summed E-state index contributed by atoms with van der Waals surface area (Å²) in [6, 6.07) is 10.7. The van der Waals surface area contributed by atoms with Gasteiger partial charge in [0.05, 0.1) is 5.08 Å². The van der Waals surface area contributed by atoms with Crippen molar-refractivity contribution in [1.29, 1.82) is 0 Å². The molecular weight excluding hydrogens is 1610 g/mol. The Morgan fingerprint density at radius 2 is 0.661 bits per heavy atom. The molecule has 0 bridgehead atoms. The third-order valence-corrected chi connectivity index (χ3v) is 23.4. The van der Waals surface area contributed by atoms with Crippen LogP contribution >= 0.6 is 95.6 Å². The second-order valence-corrected chi connectivity index (χ2v) is 32.6. The van der Waals surface area contributed by atoms with E-state index in [2.05, 4.69) is 21.3 Å². The maximum Gasteiger partial charge on any atom is 0.326 e. The molecule has 0 spiro atoms. The number of hydrogen-bond donors (Lipinski definition) is 4. The fourth-order valence-corrected chi connectivity index (χ4v) is 16.5. The number of amides is 8. The first-order chi connectivity index (χ1) is 54.2. The molecule has 0 radical (unpaired) electrons. The average Bonchev–Trinajstić information content (AvgIpc) is 1.40. The molecule has 0 atom stereocenters. The van der Waals surface area contributed by atoms with Crippen molar-refractivity contribution in [3.8, 4) is 23.0 Å². The fraction of sp³-hybridized carbons (Fsp3) is 0.557. The summed E-state index contributed by atoms with van der Waals surface area (Å²) in [7, 11) is 0. The van der Waals surface area contributed by atoms with Gasteiger partial charge in [-0.15, -0.1) is 30.7 Å². The van der Waals surface area contributed by atoms with Gasteiger partial charge in [0.15, 0.2) is 49.4 Å². The molecule has 112 heavy (non-hydrogen) atoms. The molecule has 0 unspecified atom stereocenters. The second-order valence-electron chi connectivity index (χ2n) is 25.0. The van der Waals surface area contributed by atoms with E-state index in [0.29, 0.717) is 87.2 Å². The number of thiocarbonyl (C=S) groups is 3. The Labute approximate surface area is 684 Å². The number of carbonyl (C=O) groups is 8. The van der Waals surface area contributed by atoms with Gasteiger partial charge in [-0.2, -0.15) is 0 Å². The average molecular weight is 1710 g/mol. The topological polar surface area (TPSA) is 366 Å². The van der Waals surface area contributed by atoms with Gasteiger partial charge < -0.3 is 59.6 Å². The number of nitrogens with one attached hydrogen (secondary N) is 4. The van der Waals surface area contributed by atoms with Gasteiger partial charge >= 0.3 is 22.2 Å². The fourth-order valence-electron chi connectivity index (χ4n) is 10.8. The van der Waals surface area contributed by atoms with Gasteiger partial charge in [-0.1, -0.05) is 125 Å². The lowest BCUT2D eigenvalue weighted by Gasteiger charge is -2.28. The van der Waals surface area contributed by atoms with Crippen molar-refractivity contribution < 1.29 is 76.7 Å². The van der Waals surface area contributed by atoms with Gasteiger partial charge in [0.1, 0.15) is 62.2 Å². The number of carbonyl (C=O) groups excluding carboxylic acids is 8. The third kappa shape index (κ3) is 26.2. The number of unbranched alkanes of at least 4 members (excludes halogenated alkanes) is 4. The lowest BCUT2D eigenvalue weighted by atomic mass is 10.3. The number of rotatable bonds is 47. The second kappa shape index (κ2) is 46.9. The van der Waals surface area contributed by atoms with Crippen LogP contribution < -0.4 is 81.8 Å². The molecule has 0 saturated carbocycles. The first-order valence-corrected chi connectivity index (χ1v) is 43.0. The van der Waals surface area contributed by atoms with Crippen LogP contribution in [0.2, 0.25) is 0 Å². The van der Waals surface area contributed by atoms with E-state index in [9.17, 15) is 57.5 Å². The molecule has 4 saturated heterocycles. The van der Waals surface area contributed by atoms with Crippen molar-refractivity contribution in [2.75, 3.05) is 173 Å². The van der Waals surface area contributed by atoms with Gasteiger partial charge in [0.25, 0.3) is 47.3 Å². The van der Waals surface area contributed by atoms with Crippen LogP contribution in [-0.2, 0) is 19.2 Å². The monoisotopic (exact) mass is 1710 g/mol. The minimum absolute atomic E-state index is 0.00125. The number of nitrogens with zero attached hydrogens (tertiary/aromatic N) is 10. The molecule has 4 fully saturated rings. The molecule has 4 aliphatic rings. The van der Waals surface area contributed by atoms with Gasteiger partial charge in [-0.05, 0) is 86.2 Å². The highest BCUT2D eigenvalue weighted by molar-refractivity contribution is 8.24. The van der Waals surface area contributed by atoms with E-state index in [4.69, 9.17) is 75.0 Å². The number of hydrogen-bond acceptors (Lipinski definition) is 30. The molecule has 0 aliphatic carbocycles. The zero-order chi connectivity index (χ0) is 80.5. The highest BCUT2D eigenvalue weighted by Crippen LogP contribution is 2.27. The van der Waals surface area contributed by atoms with Gasteiger partial charge in [0, 0.05) is 115 Å². The van der Waals surface area contributed by atoms with Crippen LogP contribution in [0.15, 0.2) is 67.7 Å². The van der Waals surface area contributed by atoms with E-state index in [1.807, 2.05) is 37.5 Å². The van der Waals surface area contributed by atoms with Crippen LogP contribution in [0.25, 0.3) is 0 Å². The van der Waals surface area contributed by atoms with Gasteiger partial charge in [0.2, 0.25) is 0 Å². The smallest absolute Gasteiger partial charge is 0.326 e. The maximum absolute atomic E-state index is 13.8. The van der Waals surface area contributed by atoms with Crippen molar-refractivity contribution in [3.63, 3.8) is 0 Å².